The first-order valence-electron chi connectivity index (χ1n) is 13.0. The van der Waals surface area contributed by atoms with Gasteiger partial charge in [0, 0.05) is 40.3 Å². The van der Waals surface area contributed by atoms with E-state index >= 15 is 0 Å². The summed E-state index contributed by atoms with van der Waals surface area (Å²) in [5.41, 5.74) is 1.49. The number of ketones is 1. The number of ether oxygens (including phenoxy) is 1. The van der Waals surface area contributed by atoms with Gasteiger partial charge in [-0.15, -0.1) is 0 Å². The van der Waals surface area contributed by atoms with E-state index in [9.17, 15) is 27.2 Å². The Kier molecular flexibility index (Phi) is 8.46. The van der Waals surface area contributed by atoms with E-state index < -0.39 is 29.0 Å². The van der Waals surface area contributed by atoms with Crippen molar-refractivity contribution in [3.63, 3.8) is 0 Å². The molecule has 1 N–H and O–H groups in total. The normalized spacial score (nSPS) is 17.1. The molecule has 42 heavy (non-hydrogen) atoms. The van der Waals surface area contributed by atoms with Crippen LogP contribution in [-0.2, 0) is 22.3 Å². The van der Waals surface area contributed by atoms with Gasteiger partial charge in [0.2, 0.25) is 5.91 Å². The first kappa shape index (κ1) is 29.5. The highest BCUT2D eigenvalue weighted by molar-refractivity contribution is 6.31. The number of amides is 1. The lowest BCUT2D eigenvalue weighted by atomic mass is 10.0. The fourth-order valence-electron chi connectivity index (χ4n) is 5.19. The minimum Gasteiger partial charge on any atom is -0.362 e. The number of benzene rings is 2. The molecular formula is C29H26ClF4N5O3. The first-order chi connectivity index (χ1) is 20.0. The lowest BCUT2D eigenvalue weighted by Crippen LogP contribution is -2.40. The molecular weight excluding hydrogens is 578 g/mol. The lowest BCUT2D eigenvalue weighted by Gasteiger charge is -2.25. The Bertz CT molecular complexity index is 1610. The molecule has 1 fully saturated rings. The van der Waals surface area contributed by atoms with Gasteiger partial charge in [-0.2, -0.15) is 23.4 Å². The summed E-state index contributed by atoms with van der Waals surface area (Å²) in [7, 11) is 0. The minimum atomic E-state index is -4.67. The Labute approximate surface area is 243 Å². The summed E-state index contributed by atoms with van der Waals surface area (Å²) < 4.78 is 61.8. The highest BCUT2D eigenvalue weighted by atomic mass is 35.5. The van der Waals surface area contributed by atoms with Crippen LogP contribution in [0.2, 0.25) is 5.02 Å². The van der Waals surface area contributed by atoms with Gasteiger partial charge in [0.05, 0.1) is 42.2 Å². The summed E-state index contributed by atoms with van der Waals surface area (Å²) in [6.07, 6.45) is -1.12. The number of anilines is 1. The van der Waals surface area contributed by atoms with Gasteiger partial charge in [0.1, 0.15) is 19.4 Å². The molecule has 0 radical (unpaired) electrons. The first-order valence-corrected chi connectivity index (χ1v) is 13.4. The van der Waals surface area contributed by atoms with Crippen molar-refractivity contribution in [2.45, 2.75) is 38.3 Å². The number of nitrogens with one attached hydrogen (secondary N) is 1. The average molecular weight is 604 g/mol. The van der Waals surface area contributed by atoms with Crippen molar-refractivity contribution in [1.29, 1.82) is 0 Å². The highest BCUT2D eigenvalue weighted by Gasteiger charge is 2.37. The third-order valence-corrected chi connectivity index (χ3v) is 7.45. The van der Waals surface area contributed by atoms with Crippen LogP contribution in [0.25, 0.3) is 22.0 Å². The van der Waals surface area contributed by atoms with Crippen molar-refractivity contribution in [2.24, 2.45) is 0 Å². The van der Waals surface area contributed by atoms with Gasteiger partial charge >= 0.3 is 6.18 Å². The minimum absolute atomic E-state index is 0.0329. The van der Waals surface area contributed by atoms with Gasteiger partial charge in [-0.3, -0.25) is 9.59 Å². The molecule has 13 heteroatoms. The Balaban J connectivity index is 1.28. The number of carbonyl (C=O) groups is 2. The molecule has 0 spiro atoms. The SMILES string of the molecule is CC(=O)c1cn(CC(=O)N2C[C@H](F)C[C@H]2COCNc2cccc(Cl)c2C(F)(F)F)c2ccc(-c3ccnnc3)cc12. The van der Waals surface area contributed by atoms with Crippen molar-refractivity contribution < 1.29 is 31.9 Å². The lowest BCUT2D eigenvalue weighted by molar-refractivity contribution is -0.137. The number of likely N-dealkylation sites (tertiary alicyclic amines) is 1. The second-order valence-corrected chi connectivity index (χ2v) is 10.4. The summed E-state index contributed by atoms with van der Waals surface area (Å²) in [5.74, 6) is -0.548. The van der Waals surface area contributed by atoms with Crippen molar-refractivity contribution >= 4 is 39.9 Å². The standard InChI is InChI=1S/C29H26ClF4N5O3/c1-17(40)23-13-38(26-6-5-18(9-22(23)26)19-7-8-36-37-11-19)14-27(41)39-12-20(31)10-21(39)15-42-16-35-25-4-2-3-24(30)28(25)29(32,33)34/h2-9,11,13,20-21,35H,10,12,14-16H2,1H3/t20-,21+/m1/s1. The monoisotopic (exact) mass is 603 g/mol. The maximum Gasteiger partial charge on any atom is 0.419 e. The molecule has 1 aliphatic heterocycles. The number of Topliss-reactive ketones (excluding diaryl/α,β-unsaturated/α-hetero) is 1. The van der Waals surface area contributed by atoms with Crippen molar-refractivity contribution in [1.82, 2.24) is 19.7 Å². The summed E-state index contributed by atoms with van der Waals surface area (Å²) in [4.78, 5) is 27.2. The predicted molar refractivity (Wildman–Crippen MR) is 149 cm³/mol. The number of carbonyl (C=O) groups excluding carboxylic acids is 2. The predicted octanol–water partition coefficient (Wildman–Crippen LogP) is 6.00. The van der Waals surface area contributed by atoms with Crippen LogP contribution in [0.1, 0.15) is 29.3 Å². The number of nitrogens with zero attached hydrogens (tertiary/aromatic N) is 4. The van der Waals surface area contributed by atoms with E-state index in [4.69, 9.17) is 16.3 Å². The maximum absolute atomic E-state index is 14.4. The van der Waals surface area contributed by atoms with Gasteiger partial charge in [-0.05, 0) is 42.8 Å². The van der Waals surface area contributed by atoms with Crippen molar-refractivity contribution in [2.75, 3.05) is 25.2 Å². The molecule has 1 aliphatic rings. The summed E-state index contributed by atoms with van der Waals surface area (Å²) >= 11 is 5.75. The molecule has 0 bridgehead atoms. The van der Waals surface area contributed by atoms with E-state index in [-0.39, 0.29) is 50.2 Å². The van der Waals surface area contributed by atoms with Crippen LogP contribution in [0.5, 0.6) is 0 Å². The van der Waals surface area contributed by atoms with Crippen LogP contribution in [-0.4, -0.2) is 63.5 Å². The molecule has 0 aliphatic carbocycles. The third-order valence-electron chi connectivity index (χ3n) is 7.14. The van der Waals surface area contributed by atoms with Crippen LogP contribution in [0, 0.1) is 0 Å². The van der Waals surface area contributed by atoms with Crippen molar-refractivity contribution in [3.8, 4) is 11.1 Å². The molecule has 1 amide bonds. The van der Waals surface area contributed by atoms with Crippen LogP contribution in [0.3, 0.4) is 0 Å². The van der Waals surface area contributed by atoms with E-state index in [0.29, 0.717) is 16.5 Å². The topological polar surface area (TPSA) is 89.4 Å². The molecule has 5 rings (SSSR count). The molecule has 2 aromatic heterocycles. The van der Waals surface area contributed by atoms with Crippen molar-refractivity contribution in [3.05, 3.63) is 77.2 Å². The molecule has 8 nitrogen and oxygen atoms in total. The molecule has 4 aromatic rings. The molecule has 0 saturated carbocycles. The molecule has 3 heterocycles. The number of hydrogen-bond donors (Lipinski definition) is 1. The zero-order valence-electron chi connectivity index (χ0n) is 22.4. The van der Waals surface area contributed by atoms with E-state index in [1.165, 1.54) is 24.0 Å². The largest absolute Gasteiger partial charge is 0.419 e. The van der Waals surface area contributed by atoms with Gasteiger partial charge in [-0.25, -0.2) is 4.39 Å². The fourth-order valence-corrected chi connectivity index (χ4v) is 5.47. The Morgan fingerprint density at radius 2 is 1.95 bits per heavy atom. The Morgan fingerprint density at radius 3 is 2.67 bits per heavy atom. The number of rotatable bonds is 9. The van der Waals surface area contributed by atoms with Gasteiger partial charge in [0.25, 0.3) is 0 Å². The van der Waals surface area contributed by atoms with E-state index in [2.05, 4.69) is 15.5 Å². The summed E-state index contributed by atoms with van der Waals surface area (Å²) in [6, 6.07) is 10.4. The molecule has 1 saturated heterocycles. The van der Waals surface area contributed by atoms with Gasteiger partial charge in [-0.1, -0.05) is 23.7 Å². The summed E-state index contributed by atoms with van der Waals surface area (Å²) in [5, 5.41) is 10.5. The zero-order chi connectivity index (χ0) is 30.0. The van der Waals surface area contributed by atoms with E-state index in [1.54, 1.807) is 29.2 Å². The summed E-state index contributed by atoms with van der Waals surface area (Å²) in [6.45, 7) is 0.774. The van der Waals surface area contributed by atoms with Crippen LogP contribution >= 0.6 is 11.6 Å². The second kappa shape index (κ2) is 12.1. The smallest absolute Gasteiger partial charge is 0.362 e. The third kappa shape index (κ3) is 6.24. The Morgan fingerprint density at radius 1 is 1.14 bits per heavy atom. The van der Waals surface area contributed by atoms with Crippen LogP contribution in [0.15, 0.2) is 61.1 Å². The number of halogens is 5. The quantitative estimate of drug-likeness (QED) is 0.109. The maximum atomic E-state index is 14.4. The molecule has 0 unspecified atom stereocenters. The van der Waals surface area contributed by atoms with E-state index in [1.807, 2.05) is 18.2 Å². The van der Waals surface area contributed by atoms with Crippen LogP contribution < -0.4 is 5.32 Å². The molecule has 220 valence electrons. The Hall–Kier alpha value is -4.03. The zero-order valence-corrected chi connectivity index (χ0v) is 23.1. The van der Waals surface area contributed by atoms with E-state index in [0.717, 1.165) is 17.2 Å². The average Bonchev–Trinajstić information content (AvgIpc) is 3.50. The molecule has 2 atom stereocenters. The number of alkyl halides is 4. The fraction of sp³-hybridized carbons (Fsp3) is 0.310. The number of aromatic nitrogens is 3. The van der Waals surface area contributed by atoms with Gasteiger partial charge in [0.15, 0.2) is 5.78 Å². The second-order valence-electron chi connectivity index (χ2n) is 9.97. The number of fused-ring (bicyclic) bond motifs is 1. The highest BCUT2D eigenvalue weighted by Crippen LogP contribution is 2.39. The molecule has 2 aromatic carbocycles. The van der Waals surface area contributed by atoms with Crippen LogP contribution in [0.4, 0.5) is 23.2 Å². The number of hydrogen-bond acceptors (Lipinski definition) is 6. The van der Waals surface area contributed by atoms with Gasteiger partial charge < -0.3 is 19.5 Å².